The van der Waals surface area contributed by atoms with Crippen LogP contribution in [0.2, 0.25) is 0 Å². The number of nitrogens with one attached hydrogen (secondary N) is 2. The van der Waals surface area contributed by atoms with E-state index in [1.54, 1.807) is 7.11 Å². The summed E-state index contributed by atoms with van der Waals surface area (Å²) in [5.41, 5.74) is 0.389. The molecule has 1 atom stereocenters. The van der Waals surface area contributed by atoms with Crippen molar-refractivity contribution in [3.8, 4) is 0 Å². The van der Waals surface area contributed by atoms with Crippen molar-refractivity contribution in [1.82, 2.24) is 15.2 Å². The highest BCUT2D eigenvalue weighted by Gasteiger charge is 2.40. The maximum absolute atomic E-state index is 5.98. The van der Waals surface area contributed by atoms with Crippen LogP contribution in [0.4, 0.5) is 0 Å². The number of nitrogens with zero attached hydrogens (tertiary/aromatic N) is 1. The van der Waals surface area contributed by atoms with Crippen LogP contribution in [0.5, 0.6) is 0 Å². The first-order valence-corrected chi connectivity index (χ1v) is 8.43. The van der Waals surface area contributed by atoms with Gasteiger partial charge >= 0.3 is 0 Å². The summed E-state index contributed by atoms with van der Waals surface area (Å²) in [4.78, 5) is 6.43. The van der Waals surface area contributed by atoms with Crippen LogP contribution in [0.1, 0.15) is 18.5 Å². The molecule has 1 aliphatic carbocycles. The fourth-order valence-electron chi connectivity index (χ4n) is 2.90. The fraction of sp³-hybridized carbons (Fsp3) is 0.688. The third kappa shape index (κ3) is 3.51. The van der Waals surface area contributed by atoms with Crippen molar-refractivity contribution in [2.45, 2.75) is 18.4 Å². The third-order valence-corrected chi connectivity index (χ3v) is 5.02. The fourth-order valence-corrected chi connectivity index (χ4v) is 3.25. The Kier molecular flexibility index (Phi) is 5.13. The number of thiocarbonyl (C=S) groups is 1. The minimum Gasteiger partial charge on any atom is -0.379 e. The van der Waals surface area contributed by atoms with E-state index < -0.39 is 5.60 Å². The Hall–Kier alpha value is -0.950. The minimum absolute atomic E-state index is 0.620. The molecule has 122 valence electrons. The highest BCUT2D eigenvalue weighted by Crippen LogP contribution is 2.30. The summed E-state index contributed by atoms with van der Waals surface area (Å²) in [6, 6.07) is 4.04. The van der Waals surface area contributed by atoms with Gasteiger partial charge in [-0.15, -0.1) is 0 Å². The van der Waals surface area contributed by atoms with Gasteiger partial charge in [-0.05, 0) is 30.9 Å². The molecule has 6 heteroatoms. The summed E-state index contributed by atoms with van der Waals surface area (Å²) in [6.45, 7) is 5.06. The van der Waals surface area contributed by atoms with Crippen molar-refractivity contribution in [3.05, 3.63) is 24.0 Å². The number of hydrogen-bond donors (Lipinski definition) is 2. The van der Waals surface area contributed by atoms with Gasteiger partial charge < -0.3 is 19.8 Å². The molecule has 0 radical (unpaired) electrons. The van der Waals surface area contributed by atoms with Gasteiger partial charge in [0.25, 0.3) is 0 Å². The van der Waals surface area contributed by atoms with Crippen LogP contribution < -0.4 is 5.32 Å². The Bertz CT molecular complexity index is 484. The molecule has 22 heavy (non-hydrogen) atoms. The first-order chi connectivity index (χ1) is 10.7. The molecule has 1 unspecified atom stereocenters. The van der Waals surface area contributed by atoms with Gasteiger partial charge in [0.05, 0.1) is 18.9 Å². The molecule has 0 bridgehead atoms. The van der Waals surface area contributed by atoms with E-state index in [1.807, 2.05) is 12.3 Å². The Morgan fingerprint density at radius 3 is 2.86 bits per heavy atom. The molecule has 1 saturated carbocycles. The summed E-state index contributed by atoms with van der Waals surface area (Å²) in [6.07, 6.45) is 4.54. The SMILES string of the molecule is COC(CN1CCOCC1)(C(=S)NCC1CC1)c1ccc[nH]1. The molecule has 2 heterocycles. The molecule has 1 aromatic heterocycles. The maximum atomic E-state index is 5.98. The van der Waals surface area contributed by atoms with Crippen LogP contribution in [0.3, 0.4) is 0 Å². The number of ether oxygens (including phenoxy) is 2. The normalized spacial score (nSPS) is 22.2. The molecule has 0 amide bonds. The molecule has 2 aliphatic rings. The standard InChI is InChI=1S/C16H25N3O2S/c1-20-16(14-3-2-6-17-14,12-19-7-9-21-10-8-19)15(22)18-11-13-4-5-13/h2-3,6,13,17H,4-5,7-12H2,1H3,(H,18,22). The van der Waals surface area contributed by atoms with Crippen LogP contribution in [0.15, 0.2) is 18.3 Å². The lowest BCUT2D eigenvalue weighted by atomic mass is 9.97. The summed E-state index contributed by atoms with van der Waals surface area (Å²) < 4.78 is 11.4. The topological polar surface area (TPSA) is 49.5 Å². The number of morpholine rings is 1. The van der Waals surface area contributed by atoms with Crippen molar-refractivity contribution < 1.29 is 9.47 Å². The zero-order valence-corrected chi connectivity index (χ0v) is 14.0. The van der Waals surface area contributed by atoms with Crippen LogP contribution in [-0.4, -0.2) is 61.4 Å². The number of hydrogen-bond acceptors (Lipinski definition) is 4. The number of H-pyrrole nitrogens is 1. The van der Waals surface area contributed by atoms with Crippen molar-refractivity contribution in [2.24, 2.45) is 5.92 Å². The Balaban J connectivity index is 1.77. The van der Waals surface area contributed by atoms with Gasteiger partial charge in [-0.25, -0.2) is 0 Å². The number of aromatic nitrogens is 1. The van der Waals surface area contributed by atoms with E-state index >= 15 is 0 Å². The maximum Gasteiger partial charge on any atom is 0.169 e. The molecule has 0 aromatic carbocycles. The Labute approximate surface area is 137 Å². The molecule has 1 aromatic rings. The zero-order valence-electron chi connectivity index (χ0n) is 13.1. The second-order valence-corrected chi connectivity index (χ2v) is 6.57. The summed E-state index contributed by atoms with van der Waals surface area (Å²) in [5, 5.41) is 3.44. The van der Waals surface area contributed by atoms with Crippen molar-refractivity contribution in [3.63, 3.8) is 0 Å². The second kappa shape index (κ2) is 7.08. The highest BCUT2D eigenvalue weighted by molar-refractivity contribution is 7.80. The van der Waals surface area contributed by atoms with E-state index in [0.717, 1.165) is 56.0 Å². The van der Waals surface area contributed by atoms with Crippen LogP contribution in [0, 0.1) is 5.92 Å². The molecule has 5 nitrogen and oxygen atoms in total. The average Bonchev–Trinajstić information content (AvgIpc) is 3.22. The van der Waals surface area contributed by atoms with E-state index in [9.17, 15) is 0 Å². The molecule has 1 aliphatic heterocycles. The van der Waals surface area contributed by atoms with Crippen molar-refractivity contribution in [1.29, 1.82) is 0 Å². The Morgan fingerprint density at radius 1 is 1.50 bits per heavy atom. The monoisotopic (exact) mass is 323 g/mol. The van der Waals surface area contributed by atoms with E-state index in [4.69, 9.17) is 21.7 Å². The predicted molar refractivity (Wildman–Crippen MR) is 90.1 cm³/mol. The highest BCUT2D eigenvalue weighted by atomic mass is 32.1. The van der Waals surface area contributed by atoms with Crippen LogP contribution in [-0.2, 0) is 15.1 Å². The van der Waals surface area contributed by atoms with Gasteiger partial charge in [-0.3, -0.25) is 4.90 Å². The van der Waals surface area contributed by atoms with Gasteiger partial charge in [-0.2, -0.15) is 0 Å². The third-order valence-electron chi connectivity index (χ3n) is 4.55. The summed E-state index contributed by atoms with van der Waals surface area (Å²) in [5.74, 6) is 0.777. The van der Waals surface area contributed by atoms with Gasteiger partial charge in [0.15, 0.2) is 5.60 Å². The smallest absolute Gasteiger partial charge is 0.169 e. The first-order valence-electron chi connectivity index (χ1n) is 8.02. The molecular formula is C16H25N3O2S. The van der Waals surface area contributed by atoms with E-state index in [-0.39, 0.29) is 0 Å². The Morgan fingerprint density at radius 2 is 2.27 bits per heavy atom. The lowest BCUT2D eigenvalue weighted by Gasteiger charge is -2.38. The molecule has 3 rings (SSSR count). The predicted octanol–water partition coefficient (Wildman–Crippen LogP) is 1.52. The van der Waals surface area contributed by atoms with Gasteiger partial charge in [-0.1, -0.05) is 12.2 Å². The van der Waals surface area contributed by atoms with Crippen LogP contribution >= 0.6 is 12.2 Å². The molecule has 2 N–H and O–H groups in total. The largest absolute Gasteiger partial charge is 0.379 e. The quantitative estimate of drug-likeness (QED) is 0.745. The number of aromatic amines is 1. The average molecular weight is 323 g/mol. The van der Waals surface area contributed by atoms with E-state index in [2.05, 4.69) is 21.3 Å². The number of rotatable bonds is 7. The zero-order chi connectivity index (χ0) is 15.4. The molecule has 2 fully saturated rings. The van der Waals surface area contributed by atoms with Crippen molar-refractivity contribution in [2.75, 3.05) is 46.5 Å². The van der Waals surface area contributed by atoms with E-state index in [0.29, 0.717) is 0 Å². The van der Waals surface area contributed by atoms with E-state index in [1.165, 1.54) is 12.8 Å². The van der Waals surface area contributed by atoms with Crippen molar-refractivity contribution >= 4 is 17.2 Å². The lowest BCUT2D eigenvalue weighted by molar-refractivity contribution is -0.0252. The van der Waals surface area contributed by atoms with Gasteiger partial charge in [0, 0.05) is 39.5 Å². The van der Waals surface area contributed by atoms with Crippen LogP contribution in [0.25, 0.3) is 0 Å². The summed E-state index contributed by atoms with van der Waals surface area (Å²) >= 11 is 5.74. The minimum atomic E-state index is -0.620. The lowest BCUT2D eigenvalue weighted by Crippen LogP contribution is -2.54. The first kappa shape index (κ1) is 15.9. The molecule has 0 spiro atoms. The summed E-state index contributed by atoms with van der Waals surface area (Å²) in [7, 11) is 1.74. The molecule has 1 saturated heterocycles. The van der Waals surface area contributed by atoms with Gasteiger partial charge in [0.2, 0.25) is 0 Å². The molecular weight excluding hydrogens is 298 g/mol. The second-order valence-electron chi connectivity index (χ2n) is 6.16. The van der Waals surface area contributed by atoms with Gasteiger partial charge in [0.1, 0.15) is 4.99 Å². The number of methoxy groups -OCH3 is 1.